The van der Waals surface area contributed by atoms with Gasteiger partial charge in [0.05, 0.1) is 26.4 Å². The summed E-state index contributed by atoms with van der Waals surface area (Å²) in [4.78, 5) is 16.5. The zero-order valence-corrected chi connectivity index (χ0v) is 13.2. The van der Waals surface area contributed by atoms with Gasteiger partial charge in [0.2, 0.25) is 5.91 Å². The molecule has 2 heterocycles. The highest BCUT2D eigenvalue weighted by atomic mass is 16.5. The quantitative estimate of drug-likeness (QED) is 0.660. The molecule has 1 N–H and O–H groups in total. The predicted molar refractivity (Wildman–Crippen MR) is 81.3 cm³/mol. The van der Waals surface area contributed by atoms with Gasteiger partial charge in [-0.2, -0.15) is 0 Å². The van der Waals surface area contributed by atoms with E-state index in [1.54, 1.807) is 7.11 Å². The number of amides is 1. The third-order valence-corrected chi connectivity index (χ3v) is 4.35. The molecule has 0 aromatic carbocycles. The Morgan fingerprint density at radius 3 is 2.62 bits per heavy atom. The van der Waals surface area contributed by atoms with E-state index in [-0.39, 0.29) is 5.91 Å². The highest BCUT2D eigenvalue weighted by Crippen LogP contribution is 2.19. The highest BCUT2D eigenvalue weighted by Gasteiger charge is 2.24. The number of nitrogens with one attached hydrogen (secondary N) is 1. The molecule has 2 saturated heterocycles. The monoisotopic (exact) mass is 299 g/mol. The second-order valence-corrected chi connectivity index (χ2v) is 5.91. The summed E-state index contributed by atoms with van der Waals surface area (Å²) in [6.07, 6.45) is 2.25. The van der Waals surface area contributed by atoms with E-state index in [1.165, 1.54) is 0 Å². The van der Waals surface area contributed by atoms with E-state index in [9.17, 15) is 4.79 Å². The third kappa shape index (κ3) is 5.90. The van der Waals surface area contributed by atoms with Crippen LogP contribution in [0.5, 0.6) is 0 Å². The molecule has 2 aliphatic rings. The largest absolute Gasteiger partial charge is 0.383 e. The van der Waals surface area contributed by atoms with E-state index in [1.807, 2.05) is 4.90 Å². The Labute approximate surface area is 127 Å². The molecule has 122 valence electrons. The number of rotatable bonds is 7. The van der Waals surface area contributed by atoms with Gasteiger partial charge < -0.3 is 19.7 Å². The number of hydrogen-bond acceptors (Lipinski definition) is 5. The van der Waals surface area contributed by atoms with Gasteiger partial charge in [-0.1, -0.05) is 0 Å². The molecule has 0 radical (unpaired) electrons. The molecule has 0 atom stereocenters. The van der Waals surface area contributed by atoms with Crippen LogP contribution in [0.3, 0.4) is 0 Å². The number of morpholine rings is 1. The molecule has 0 bridgehead atoms. The second-order valence-electron chi connectivity index (χ2n) is 5.91. The number of ether oxygens (including phenoxy) is 2. The van der Waals surface area contributed by atoms with E-state index in [0.717, 1.165) is 71.2 Å². The molecular formula is C15H29N3O3. The number of carbonyl (C=O) groups excluding carboxylic acids is 1. The van der Waals surface area contributed by atoms with Crippen molar-refractivity contribution in [2.45, 2.75) is 12.8 Å². The first-order valence-corrected chi connectivity index (χ1v) is 8.07. The molecule has 6 nitrogen and oxygen atoms in total. The van der Waals surface area contributed by atoms with E-state index >= 15 is 0 Å². The van der Waals surface area contributed by atoms with Gasteiger partial charge in [0, 0.05) is 46.4 Å². The number of methoxy groups -OCH3 is 1. The summed E-state index contributed by atoms with van der Waals surface area (Å²) in [7, 11) is 1.67. The Hall–Kier alpha value is -0.690. The van der Waals surface area contributed by atoms with Crippen LogP contribution in [-0.2, 0) is 14.3 Å². The van der Waals surface area contributed by atoms with Crippen LogP contribution in [0.2, 0.25) is 0 Å². The van der Waals surface area contributed by atoms with Crippen LogP contribution < -0.4 is 5.32 Å². The van der Waals surface area contributed by atoms with Gasteiger partial charge in [0.1, 0.15) is 0 Å². The maximum Gasteiger partial charge on any atom is 0.236 e. The van der Waals surface area contributed by atoms with E-state index < -0.39 is 0 Å². The summed E-state index contributed by atoms with van der Waals surface area (Å²) < 4.78 is 10.3. The van der Waals surface area contributed by atoms with Crippen LogP contribution in [0.1, 0.15) is 12.8 Å². The lowest BCUT2D eigenvalue weighted by Gasteiger charge is -2.36. The van der Waals surface area contributed by atoms with Crippen molar-refractivity contribution in [2.24, 2.45) is 5.92 Å². The van der Waals surface area contributed by atoms with Crippen molar-refractivity contribution in [1.29, 1.82) is 0 Å². The molecule has 2 rings (SSSR count). The molecule has 2 fully saturated rings. The minimum absolute atomic E-state index is 0.218. The first kappa shape index (κ1) is 16.7. The first-order chi connectivity index (χ1) is 10.3. The molecule has 6 heteroatoms. The lowest BCUT2D eigenvalue weighted by atomic mass is 9.96. The summed E-state index contributed by atoms with van der Waals surface area (Å²) >= 11 is 0. The summed E-state index contributed by atoms with van der Waals surface area (Å²) in [6.45, 7) is 8.62. The average Bonchev–Trinajstić information content (AvgIpc) is 2.53. The van der Waals surface area contributed by atoms with Crippen molar-refractivity contribution >= 4 is 5.91 Å². The highest BCUT2D eigenvalue weighted by molar-refractivity contribution is 5.78. The SMILES string of the molecule is COCCNCC(=O)N1CCC(CN2CCOCC2)CC1. The van der Waals surface area contributed by atoms with Gasteiger partial charge >= 0.3 is 0 Å². The smallest absolute Gasteiger partial charge is 0.236 e. The second kappa shape index (κ2) is 9.35. The standard InChI is InChI=1S/C15H29N3O3/c1-20-9-4-16-12-15(19)18-5-2-14(3-6-18)13-17-7-10-21-11-8-17/h14,16H,2-13H2,1H3. The van der Waals surface area contributed by atoms with Crippen LogP contribution in [0.15, 0.2) is 0 Å². The molecule has 0 aliphatic carbocycles. The predicted octanol–water partition coefficient (Wildman–Crippen LogP) is -0.207. The van der Waals surface area contributed by atoms with Gasteiger partial charge in [-0.05, 0) is 18.8 Å². The van der Waals surface area contributed by atoms with E-state index in [0.29, 0.717) is 13.2 Å². The van der Waals surface area contributed by atoms with Crippen LogP contribution in [0, 0.1) is 5.92 Å². The van der Waals surface area contributed by atoms with Gasteiger partial charge in [-0.25, -0.2) is 0 Å². The molecule has 21 heavy (non-hydrogen) atoms. The van der Waals surface area contributed by atoms with Gasteiger partial charge in [0.15, 0.2) is 0 Å². The number of likely N-dealkylation sites (tertiary alicyclic amines) is 1. The fourth-order valence-electron chi connectivity index (χ4n) is 3.00. The topological polar surface area (TPSA) is 54.0 Å². The van der Waals surface area contributed by atoms with Crippen molar-refractivity contribution in [2.75, 3.05) is 72.7 Å². The Morgan fingerprint density at radius 2 is 1.95 bits per heavy atom. The van der Waals surface area contributed by atoms with Crippen molar-refractivity contribution in [3.8, 4) is 0 Å². The molecule has 1 amide bonds. The lowest BCUT2D eigenvalue weighted by molar-refractivity contribution is -0.131. The molecule has 0 aromatic rings. The van der Waals surface area contributed by atoms with E-state index in [2.05, 4.69) is 10.2 Å². The van der Waals surface area contributed by atoms with Gasteiger partial charge in [-0.3, -0.25) is 9.69 Å². The van der Waals surface area contributed by atoms with Crippen molar-refractivity contribution in [3.63, 3.8) is 0 Å². The molecular weight excluding hydrogens is 270 g/mol. The summed E-state index contributed by atoms with van der Waals surface area (Å²) in [6, 6.07) is 0. The number of carbonyl (C=O) groups is 1. The van der Waals surface area contributed by atoms with Crippen LogP contribution in [0.25, 0.3) is 0 Å². The first-order valence-electron chi connectivity index (χ1n) is 8.07. The fraction of sp³-hybridized carbons (Fsp3) is 0.933. The zero-order valence-electron chi connectivity index (χ0n) is 13.2. The number of hydrogen-bond donors (Lipinski definition) is 1. The number of nitrogens with zero attached hydrogens (tertiary/aromatic N) is 2. The third-order valence-electron chi connectivity index (χ3n) is 4.35. The minimum atomic E-state index is 0.218. The maximum atomic E-state index is 12.1. The normalized spacial score (nSPS) is 21.7. The lowest BCUT2D eigenvalue weighted by Crippen LogP contribution is -2.46. The minimum Gasteiger partial charge on any atom is -0.383 e. The maximum absolute atomic E-state index is 12.1. The van der Waals surface area contributed by atoms with Crippen molar-refractivity contribution in [3.05, 3.63) is 0 Å². The van der Waals surface area contributed by atoms with E-state index in [4.69, 9.17) is 9.47 Å². The molecule has 0 unspecified atom stereocenters. The Kier molecular flexibility index (Phi) is 7.43. The zero-order chi connectivity index (χ0) is 14.9. The molecule has 0 aromatic heterocycles. The average molecular weight is 299 g/mol. The molecule has 2 aliphatic heterocycles. The number of piperidine rings is 1. The van der Waals surface area contributed by atoms with Gasteiger partial charge in [0.25, 0.3) is 0 Å². The van der Waals surface area contributed by atoms with Crippen LogP contribution in [0.4, 0.5) is 0 Å². The van der Waals surface area contributed by atoms with Crippen molar-refractivity contribution < 1.29 is 14.3 Å². The molecule has 0 spiro atoms. The van der Waals surface area contributed by atoms with Gasteiger partial charge in [-0.15, -0.1) is 0 Å². The fourth-order valence-corrected chi connectivity index (χ4v) is 3.00. The summed E-state index contributed by atoms with van der Waals surface area (Å²) in [5.41, 5.74) is 0. The Bertz CT molecular complexity index is 301. The summed E-state index contributed by atoms with van der Waals surface area (Å²) in [5, 5.41) is 3.12. The van der Waals surface area contributed by atoms with Crippen LogP contribution >= 0.6 is 0 Å². The van der Waals surface area contributed by atoms with Crippen molar-refractivity contribution in [1.82, 2.24) is 15.1 Å². The molecule has 0 saturated carbocycles. The Balaban J connectivity index is 1.59. The Morgan fingerprint density at radius 1 is 1.24 bits per heavy atom. The summed E-state index contributed by atoms with van der Waals surface area (Å²) in [5.74, 6) is 0.949. The van der Waals surface area contributed by atoms with Crippen LogP contribution in [-0.4, -0.2) is 88.5 Å².